The molecule has 0 spiro atoms. The molecule has 2 rings (SSSR count). The first kappa shape index (κ1) is 17.3. The van der Waals surface area contributed by atoms with Crippen molar-refractivity contribution in [1.29, 1.82) is 0 Å². The van der Waals surface area contributed by atoms with Gasteiger partial charge in [-0.1, -0.05) is 18.2 Å². The lowest BCUT2D eigenvalue weighted by Crippen LogP contribution is -2.23. The van der Waals surface area contributed by atoms with Crippen molar-refractivity contribution in [2.75, 3.05) is 5.43 Å². The number of hydrogen-bond acceptors (Lipinski definition) is 7. The molecule has 0 aliphatic carbocycles. The van der Waals surface area contributed by atoms with Gasteiger partial charge in [0.15, 0.2) is 5.78 Å². The predicted octanol–water partition coefficient (Wildman–Crippen LogP) is 2.38. The molecule has 0 bridgehead atoms. The smallest absolute Gasteiger partial charge is 0.269 e. The van der Waals surface area contributed by atoms with Gasteiger partial charge in [-0.25, -0.2) is 8.42 Å². The molecule has 9 heteroatoms. The number of ketones is 1. The number of anilines is 1. The molecule has 0 saturated heterocycles. The molecule has 124 valence electrons. The minimum absolute atomic E-state index is 0.0514. The summed E-state index contributed by atoms with van der Waals surface area (Å²) in [5.41, 5.74) is 2.62. The number of Topliss-reactive ketones (excluding diaryl/α,β-unsaturated/α-hetero) is 1. The molecule has 2 aromatic rings. The largest absolute Gasteiger partial charge is 0.292 e. The van der Waals surface area contributed by atoms with Gasteiger partial charge in [0.25, 0.3) is 5.69 Å². The van der Waals surface area contributed by atoms with E-state index in [-0.39, 0.29) is 10.6 Å². The summed E-state index contributed by atoms with van der Waals surface area (Å²) < 4.78 is 24.9. The third kappa shape index (κ3) is 3.82. The van der Waals surface area contributed by atoms with Crippen LogP contribution in [-0.4, -0.2) is 24.2 Å². The van der Waals surface area contributed by atoms with Crippen LogP contribution in [0.15, 0.2) is 64.6 Å². The number of nitrogens with one attached hydrogen (secondary N) is 1. The number of nitro groups is 1. The minimum atomic E-state index is -4.06. The molecule has 0 heterocycles. The number of nitrogens with zero attached hydrogens (tertiary/aromatic N) is 2. The van der Waals surface area contributed by atoms with E-state index in [0.29, 0.717) is 5.69 Å². The number of carbonyl (C=O) groups excluding carboxylic acids is 1. The zero-order valence-corrected chi connectivity index (χ0v) is 13.4. The Hall–Kier alpha value is -3.07. The van der Waals surface area contributed by atoms with Crippen molar-refractivity contribution in [2.24, 2.45) is 5.10 Å². The Bertz CT molecular complexity index is 890. The van der Waals surface area contributed by atoms with Crippen molar-refractivity contribution in [2.45, 2.75) is 11.8 Å². The molecule has 0 aromatic heterocycles. The molecule has 0 saturated carbocycles. The molecule has 1 N–H and O–H groups in total. The second-order valence-electron chi connectivity index (χ2n) is 4.71. The highest BCUT2D eigenvalue weighted by Gasteiger charge is 2.26. The first-order valence-electron chi connectivity index (χ1n) is 6.71. The predicted molar refractivity (Wildman–Crippen MR) is 88.5 cm³/mol. The number of hydrogen-bond donors (Lipinski definition) is 1. The summed E-state index contributed by atoms with van der Waals surface area (Å²) in [6.45, 7) is 1.09. The zero-order valence-electron chi connectivity index (χ0n) is 12.5. The van der Waals surface area contributed by atoms with E-state index in [1.54, 1.807) is 6.07 Å². The summed E-state index contributed by atoms with van der Waals surface area (Å²) in [7, 11) is -4.06. The highest BCUT2D eigenvalue weighted by Crippen LogP contribution is 2.17. The third-order valence-electron chi connectivity index (χ3n) is 2.97. The number of rotatable bonds is 5. The summed E-state index contributed by atoms with van der Waals surface area (Å²) in [6, 6.07) is 12.6. The van der Waals surface area contributed by atoms with Crippen LogP contribution in [-0.2, 0) is 14.6 Å². The Labute approximate surface area is 137 Å². The maximum atomic E-state index is 12.5. The van der Waals surface area contributed by atoms with Gasteiger partial charge in [-0.15, -0.1) is 0 Å². The second kappa shape index (κ2) is 7.01. The van der Waals surface area contributed by atoms with Crippen LogP contribution in [0.1, 0.15) is 6.92 Å². The molecular weight excluding hydrogens is 334 g/mol. The topological polar surface area (TPSA) is 119 Å². The van der Waals surface area contributed by atoms with Crippen LogP contribution in [0.3, 0.4) is 0 Å². The van der Waals surface area contributed by atoms with Crippen LogP contribution in [0, 0.1) is 10.1 Å². The Balaban J connectivity index is 2.32. The lowest BCUT2D eigenvalue weighted by atomic mass is 10.3. The van der Waals surface area contributed by atoms with Gasteiger partial charge < -0.3 is 0 Å². The number of benzene rings is 2. The zero-order chi connectivity index (χ0) is 17.7. The number of nitro benzene ring substituents is 1. The van der Waals surface area contributed by atoms with Gasteiger partial charge in [-0.05, 0) is 24.3 Å². The third-order valence-corrected chi connectivity index (χ3v) is 4.75. The lowest BCUT2D eigenvalue weighted by Gasteiger charge is -2.06. The highest BCUT2D eigenvalue weighted by molar-refractivity contribution is 8.08. The van der Waals surface area contributed by atoms with E-state index in [9.17, 15) is 23.3 Å². The molecular formula is C15H13N3O5S. The Morgan fingerprint density at radius 3 is 2.17 bits per heavy atom. The fourth-order valence-corrected chi connectivity index (χ4v) is 3.10. The van der Waals surface area contributed by atoms with E-state index in [0.717, 1.165) is 6.92 Å². The van der Waals surface area contributed by atoms with Crippen LogP contribution in [0.25, 0.3) is 0 Å². The minimum Gasteiger partial charge on any atom is -0.292 e. The SMILES string of the molecule is CC(=O)/C(=N\Nc1ccc([N+](=O)[O-])cc1)S(=O)(=O)c1ccccc1. The van der Waals surface area contributed by atoms with Crippen LogP contribution in [0.2, 0.25) is 0 Å². The summed E-state index contributed by atoms with van der Waals surface area (Å²) in [4.78, 5) is 21.7. The number of sulfone groups is 1. The average Bonchev–Trinajstić information content (AvgIpc) is 2.55. The summed E-state index contributed by atoms with van der Waals surface area (Å²) >= 11 is 0. The van der Waals surface area contributed by atoms with Gasteiger partial charge in [-0.2, -0.15) is 5.10 Å². The Morgan fingerprint density at radius 1 is 1.08 bits per heavy atom. The molecule has 0 unspecified atom stereocenters. The van der Waals surface area contributed by atoms with Gasteiger partial charge in [0, 0.05) is 19.1 Å². The Morgan fingerprint density at radius 2 is 1.67 bits per heavy atom. The number of non-ortho nitro benzene ring substituents is 1. The molecule has 0 atom stereocenters. The quantitative estimate of drug-likeness (QED) is 0.384. The van der Waals surface area contributed by atoms with Crippen molar-refractivity contribution < 1.29 is 18.1 Å². The molecule has 8 nitrogen and oxygen atoms in total. The molecule has 0 aliphatic heterocycles. The van der Waals surface area contributed by atoms with Gasteiger partial charge >= 0.3 is 0 Å². The van der Waals surface area contributed by atoms with Crippen LogP contribution in [0.5, 0.6) is 0 Å². The molecule has 2 aromatic carbocycles. The van der Waals surface area contributed by atoms with Crippen LogP contribution < -0.4 is 5.43 Å². The molecule has 0 amide bonds. The first-order valence-corrected chi connectivity index (χ1v) is 8.20. The van der Waals surface area contributed by atoms with Crippen molar-refractivity contribution in [3.8, 4) is 0 Å². The van der Waals surface area contributed by atoms with E-state index >= 15 is 0 Å². The van der Waals surface area contributed by atoms with Crippen LogP contribution >= 0.6 is 0 Å². The number of hydrazone groups is 1. The second-order valence-corrected chi connectivity index (χ2v) is 6.57. The Kier molecular flexibility index (Phi) is 5.05. The monoisotopic (exact) mass is 347 g/mol. The normalized spacial score (nSPS) is 11.8. The van der Waals surface area contributed by atoms with Crippen molar-refractivity contribution in [1.82, 2.24) is 0 Å². The van der Waals surface area contributed by atoms with Gasteiger partial charge in [-0.3, -0.25) is 20.3 Å². The van der Waals surface area contributed by atoms with Crippen molar-refractivity contribution in [3.63, 3.8) is 0 Å². The lowest BCUT2D eigenvalue weighted by molar-refractivity contribution is -0.384. The van der Waals surface area contributed by atoms with Crippen LogP contribution in [0.4, 0.5) is 11.4 Å². The number of carbonyl (C=O) groups is 1. The summed E-state index contributed by atoms with van der Waals surface area (Å²) in [5.74, 6) is -0.728. The maximum absolute atomic E-state index is 12.5. The summed E-state index contributed by atoms with van der Waals surface area (Å²) in [6.07, 6.45) is 0. The fraction of sp³-hybridized carbons (Fsp3) is 0.0667. The summed E-state index contributed by atoms with van der Waals surface area (Å²) in [5, 5.41) is 13.6. The fourth-order valence-electron chi connectivity index (χ4n) is 1.81. The molecule has 0 radical (unpaired) electrons. The average molecular weight is 347 g/mol. The van der Waals surface area contributed by atoms with Gasteiger partial charge in [0.1, 0.15) is 0 Å². The van der Waals surface area contributed by atoms with E-state index in [2.05, 4.69) is 10.5 Å². The molecule has 0 fully saturated rings. The maximum Gasteiger partial charge on any atom is 0.269 e. The van der Waals surface area contributed by atoms with Crippen molar-refractivity contribution in [3.05, 3.63) is 64.7 Å². The van der Waals surface area contributed by atoms with E-state index in [1.165, 1.54) is 48.5 Å². The van der Waals surface area contributed by atoms with Crippen molar-refractivity contribution >= 4 is 32.0 Å². The van der Waals surface area contributed by atoms with E-state index in [1.807, 2.05) is 0 Å². The first-order chi connectivity index (χ1) is 11.3. The molecule has 24 heavy (non-hydrogen) atoms. The van der Waals surface area contributed by atoms with E-state index in [4.69, 9.17) is 0 Å². The standard InChI is InChI=1S/C15H13N3O5S/c1-11(19)15(24(22,23)14-5-3-2-4-6-14)17-16-12-7-9-13(10-8-12)18(20)21/h2-10,16H,1H3/b17-15+. The molecule has 0 aliphatic rings. The highest BCUT2D eigenvalue weighted by atomic mass is 32.2. The van der Waals surface area contributed by atoms with E-state index < -0.39 is 25.6 Å². The van der Waals surface area contributed by atoms with Gasteiger partial charge in [0.2, 0.25) is 14.9 Å². The van der Waals surface area contributed by atoms with Gasteiger partial charge in [0.05, 0.1) is 15.5 Å².